The Labute approximate surface area is 94.2 Å². The van der Waals surface area contributed by atoms with Crippen molar-refractivity contribution in [1.29, 1.82) is 0 Å². The number of aromatic nitrogens is 2. The molecule has 1 aromatic heterocycles. The van der Waals surface area contributed by atoms with Gasteiger partial charge in [0, 0.05) is 19.3 Å². The molecule has 1 aliphatic carbocycles. The van der Waals surface area contributed by atoms with Crippen molar-refractivity contribution >= 4 is 5.97 Å². The van der Waals surface area contributed by atoms with Gasteiger partial charge in [-0.25, -0.2) is 0 Å². The first-order valence-corrected chi connectivity index (χ1v) is 5.62. The molecular weight excluding hydrogens is 206 g/mol. The average molecular weight is 223 g/mol. The van der Waals surface area contributed by atoms with Gasteiger partial charge in [0.15, 0.2) is 0 Å². The minimum atomic E-state index is -0.881. The van der Waals surface area contributed by atoms with Crippen LogP contribution < -0.4 is 5.73 Å². The maximum absolute atomic E-state index is 11.1. The minimum Gasteiger partial charge on any atom is -0.481 e. The normalized spacial score (nSPS) is 16.9. The van der Waals surface area contributed by atoms with Gasteiger partial charge in [-0.3, -0.25) is 9.48 Å². The number of aliphatic carboxylic acids is 1. The molecule has 1 heterocycles. The number of carboxylic acid groups (broad SMARTS) is 1. The van der Waals surface area contributed by atoms with E-state index in [0.29, 0.717) is 5.69 Å². The van der Waals surface area contributed by atoms with Crippen LogP contribution in [0.25, 0.3) is 0 Å². The average Bonchev–Trinajstić information content (AvgIpc) is 2.58. The second-order valence-corrected chi connectivity index (χ2v) is 4.27. The molecule has 1 atom stereocenters. The van der Waals surface area contributed by atoms with Gasteiger partial charge in [0.25, 0.3) is 0 Å². The van der Waals surface area contributed by atoms with Gasteiger partial charge in [0.1, 0.15) is 5.92 Å². The fourth-order valence-corrected chi connectivity index (χ4v) is 2.41. The second kappa shape index (κ2) is 4.25. The molecule has 16 heavy (non-hydrogen) atoms. The molecule has 5 heteroatoms. The third-order valence-electron chi connectivity index (χ3n) is 3.26. The Bertz CT molecular complexity index is 412. The highest BCUT2D eigenvalue weighted by molar-refractivity contribution is 5.76. The zero-order valence-electron chi connectivity index (χ0n) is 9.44. The Morgan fingerprint density at radius 1 is 1.56 bits per heavy atom. The summed E-state index contributed by atoms with van der Waals surface area (Å²) in [4.78, 5) is 11.1. The number of carboxylic acids is 1. The largest absolute Gasteiger partial charge is 0.481 e. The number of hydrogen-bond acceptors (Lipinski definition) is 3. The van der Waals surface area contributed by atoms with Crippen molar-refractivity contribution in [2.45, 2.75) is 31.6 Å². The van der Waals surface area contributed by atoms with Gasteiger partial charge in [-0.2, -0.15) is 5.10 Å². The van der Waals surface area contributed by atoms with Crippen LogP contribution in [0.2, 0.25) is 0 Å². The zero-order valence-corrected chi connectivity index (χ0v) is 9.44. The predicted molar refractivity (Wildman–Crippen MR) is 59.3 cm³/mol. The third-order valence-corrected chi connectivity index (χ3v) is 3.26. The number of carbonyl (C=O) groups is 1. The molecule has 0 bridgehead atoms. The molecule has 3 N–H and O–H groups in total. The van der Waals surface area contributed by atoms with Gasteiger partial charge in [0.05, 0.1) is 5.69 Å². The van der Waals surface area contributed by atoms with Crippen molar-refractivity contribution in [2.24, 2.45) is 12.8 Å². The molecule has 0 amide bonds. The summed E-state index contributed by atoms with van der Waals surface area (Å²) in [6.07, 6.45) is 4.20. The molecular formula is C11H17N3O2. The van der Waals surface area contributed by atoms with Gasteiger partial charge in [-0.15, -0.1) is 0 Å². The van der Waals surface area contributed by atoms with Crippen LogP contribution in [0.3, 0.4) is 0 Å². The number of fused-ring (bicyclic) bond motifs is 1. The maximum Gasteiger partial charge on any atom is 0.313 e. The summed E-state index contributed by atoms with van der Waals surface area (Å²) >= 11 is 0. The minimum absolute atomic E-state index is 0.110. The Morgan fingerprint density at radius 3 is 2.88 bits per heavy atom. The Balaban J connectivity index is 2.44. The summed E-state index contributed by atoms with van der Waals surface area (Å²) in [6, 6.07) is 0. The molecule has 1 unspecified atom stereocenters. The molecule has 1 aromatic rings. The van der Waals surface area contributed by atoms with Gasteiger partial charge >= 0.3 is 5.97 Å². The summed E-state index contributed by atoms with van der Waals surface area (Å²) in [5.41, 5.74) is 8.49. The fourth-order valence-electron chi connectivity index (χ4n) is 2.41. The van der Waals surface area contributed by atoms with E-state index in [2.05, 4.69) is 5.10 Å². The van der Waals surface area contributed by atoms with E-state index >= 15 is 0 Å². The topological polar surface area (TPSA) is 81.1 Å². The van der Waals surface area contributed by atoms with E-state index in [0.717, 1.165) is 31.2 Å². The molecule has 0 radical (unpaired) electrons. The fraction of sp³-hybridized carbons (Fsp3) is 0.636. The SMILES string of the molecule is Cn1nc(C(CN)C(=O)O)c2c1CCCC2. The molecule has 0 aliphatic heterocycles. The summed E-state index contributed by atoms with van der Waals surface area (Å²) in [5, 5.41) is 13.4. The Morgan fingerprint density at radius 2 is 2.25 bits per heavy atom. The first kappa shape index (κ1) is 11.1. The van der Waals surface area contributed by atoms with E-state index in [1.54, 1.807) is 0 Å². The van der Waals surface area contributed by atoms with E-state index in [1.165, 1.54) is 5.69 Å². The van der Waals surface area contributed by atoms with Crippen LogP contribution in [0.15, 0.2) is 0 Å². The van der Waals surface area contributed by atoms with Gasteiger partial charge < -0.3 is 10.8 Å². The summed E-state index contributed by atoms with van der Waals surface area (Å²) < 4.78 is 1.81. The molecule has 0 aromatic carbocycles. The van der Waals surface area contributed by atoms with E-state index in [-0.39, 0.29) is 6.54 Å². The quantitative estimate of drug-likeness (QED) is 0.778. The van der Waals surface area contributed by atoms with Crippen molar-refractivity contribution in [2.75, 3.05) is 6.54 Å². The van der Waals surface area contributed by atoms with Crippen LogP contribution >= 0.6 is 0 Å². The van der Waals surface area contributed by atoms with E-state index in [9.17, 15) is 4.79 Å². The molecule has 0 saturated heterocycles. The first-order valence-electron chi connectivity index (χ1n) is 5.62. The lowest BCUT2D eigenvalue weighted by atomic mass is 9.91. The van der Waals surface area contributed by atoms with E-state index in [4.69, 9.17) is 10.8 Å². The van der Waals surface area contributed by atoms with Gasteiger partial charge in [-0.1, -0.05) is 0 Å². The monoisotopic (exact) mass is 223 g/mol. The van der Waals surface area contributed by atoms with Crippen molar-refractivity contribution in [3.05, 3.63) is 17.0 Å². The first-order chi connectivity index (χ1) is 7.65. The lowest BCUT2D eigenvalue weighted by Crippen LogP contribution is -2.23. The highest BCUT2D eigenvalue weighted by Gasteiger charge is 2.28. The second-order valence-electron chi connectivity index (χ2n) is 4.27. The third kappa shape index (κ3) is 1.71. The van der Waals surface area contributed by atoms with Crippen LogP contribution in [0, 0.1) is 0 Å². The van der Waals surface area contributed by atoms with Gasteiger partial charge in [-0.05, 0) is 31.2 Å². The lowest BCUT2D eigenvalue weighted by molar-refractivity contribution is -0.138. The summed E-state index contributed by atoms with van der Waals surface area (Å²) in [5.74, 6) is -1.54. The standard InChI is InChI=1S/C11H17N3O2/c1-14-9-5-3-2-4-7(9)10(13-14)8(6-12)11(15)16/h8H,2-6,12H2,1H3,(H,15,16). The Hall–Kier alpha value is -1.36. The molecule has 0 spiro atoms. The number of nitrogens with zero attached hydrogens (tertiary/aromatic N) is 2. The van der Waals surface area contributed by atoms with Crippen LogP contribution in [-0.4, -0.2) is 27.4 Å². The van der Waals surface area contributed by atoms with Crippen molar-refractivity contribution in [3.8, 4) is 0 Å². The molecule has 1 aliphatic rings. The van der Waals surface area contributed by atoms with Crippen molar-refractivity contribution in [1.82, 2.24) is 9.78 Å². The highest BCUT2D eigenvalue weighted by atomic mass is 16.4. The number of aryl methyl sites for hydroxylation is 1. The van der Waals surface area contributed by atoms with Gasteiger partial charge in [0.2, 0.25) is 0 Å². The van der Waals surface area contributed by atoms with Crippen molar-refractivity contribution < 1.29 is 9.90 Å². The molecule has 88 valence electrons. The lowest BCUT2D eigenvalue weighted by Gasteiger charge is -2.14. The summed E-state index contributed by atoms with van der Waals surface area (Å²) in [7, 11) is 1.88. The van der Waals surface area contributed by atoms with Crippen LogP contribution in [0.4, 0.5) is 0 Å². The summed E-state index contributed by atoms with van der Waals surface area (Å²) in [6.45, 7) is 0.110. The number of hydrogen-bond donors (Lipinski definition) is 2. The molecule has 2 rings (SSSR count). The van der Waals surface area contributed by atoms with E-state index in [1.807, 2.05) is 11.7 Å². The van der Waals surface area contributed by atoms with E-state index < -0.39 is 11.9 Å². The molecule has 5 nitrogen and oxygen atoms in total. The Kier molecular flexibility index (Phi) is 2.96. The van der Waals surface area contributed by atoms with Crippen molar-refractivity contribution in [3.63, 3.8) is 0 Å². The highest BCUT2D eigenvalue weighted by Crippen LogP contribution is 2.28. The van der Waals surface area contributed by atoms with Crippen LogP contribution in [0.1, 0.15) is 35.7 Å². The molecule has 0 fully saturated rings. The maximum atomic E-state index is 11.1. The smallest absolute Gasteiger partial charge is 0.313 e. The number of rotatable bonds is 3. The van der Waals surface area contributed by atoms with Crippen LogP contribution in [0.5, 0.6) is 0 Å². The molecule has 0 saturated carbocycles. The predicted octanol–water partition coefficient (Wildman–Crippen LogP) is 0.426. The van der Waals surface area contributed by atoms with Crippen LogP contribution in [-0.2, 0) is 24.7 Å². The number of nitrogens with two attached hydrogens (primary N) is 1. The zero-order chi connectivity index (χ0) is 11.7.